The molecule has 0 aromatic rings. The van der Waals surface area contributed by atoms with E-state index in [0.29, 0.717) is 0 Å². The molecule has 0 radical (unpaired) electrons. The van der Waals surface area contributed by atoms with E-state index >= 15 is 0 Å². The molecule has 1 heterocycles. The minimum Gasteiger partial charge on any atom is -0.252 e. The lowest BCUT2D eigenvalue weighted by molar-refractivity contribution is 0.492. The lowest BCUT2D eigenvalue weighted by atomic mass is 10.1. The molecular formula is C7H16OP+. The van der Waals surface area contributed by atoms with E-state index in [2.05, 4.69) is 13.6 Å². The van der Waals surface area contributed by atoms with Crippen molar-refractivity contribution in [1.82, 2.24) is 0 Å². The molecule has 0 unspecified atom stereocenters. The highest BCUT2D eigenvalue weighted by Gasteiger charge is 2.33. The molecule has 54 valence electrons. The van der Waals surface area contributed by atoms with Gasteiger partial charge in [0.25, 0.3) is 0 Å². The molecule has 0 amide bonds. The Labute approximate surface area is 57.9 Å². The number of rotatable bonds is 0. The van der Waals surface area contributed by atoms with Crippen LogP contribution < -0.4 is 0 Å². The SMILES string of the molecule is CC1CC[P+](C)(O)CC1. The van der Waals surface area contributed by atoms with Crippen molar-refractivity contribution in [3.05, 3.63) is 0 Å². The first-order chi connectivity index (χ1) is 4.10. The van der Waals surface area contributed by atoms with Gasteiger partial charge >= 0.3 is 0 Å². The van der Waals surface area contributed by atoms with Gasteiger partial charge in [-0.1, -0.05) is 6.92 Å². The van der Waals surface area contributed by atoms with E-state index in [9.17, 15) is 4.89 Å². The maximum absolute atomic E-state index is 9.60. The molecule has 0 spiro atoms. The Morgan fingerprint density at radius 3 is 2.11 bits per heavy atom. The fourth-order valence-corrected chi connectivity index (χ4v) is 3.47. The van der Waals surface area contributed by atoms with Gasteiger partial charge in [0.1, 0.15) is 7.49 Å². The third-order valence-corrected chi connectivity index (χ3v) is 4.65. The molecule has 0 bridgehead atoms. The summed E-state index contributed by atoms with van der Waals surface area (Å²) < 4.78 is 0. The van der Waals surface area contributed by atoms with Crippen molar-refractivity contribution >= 4 is 7.49 Å². The fraction of sp³-hybridized carbons (Fsp3) is 1.00. The maximum atomic E-state index is 9.60. The minimum atomic E-state index is -1.37. The summed E-state index contributed by atoms with van der Waals surface area (Å²) in [7, 11) is -1.37. The van der Waals surface area contributed by atoms with Gasteiger partial charge in [-0.2, -0.15) is 0 Å². The lowest BCUT2D eigenvalue weighted by Crippen LogP contribution is -2.14. The third-order valence-electron chi connectivity index (χ3n) is 2.21. The highest BCUT2D eigenvalue weighted by molar-refractivity contribution is 7.69. The van der Waals surface area contributed by atoms with Crippen LogP contribution in [-0.2, 0) is 0 Å². The first-order valence-electron chi connectivity index (χ1n) is 3.67. The topological polar surface area (TPSA) is 20.2 Å². The van der Waals surface area contributed by atoms with Gasteiger partial charge in [0.05, 0.1) is 19.0 Å². The predicted octanol–water partition coefficient (Wildman–Crippen LogP) is 1.97. The van der Waals surface area contributed by atoms with Crippen molar-refractivity contribution in [2.45, 2.75) is 19.8 Å². The molecule has 1 nitrogen and oxygen atoms in total. The summed E-state index contributed by atoms with van der Waals surface area (Å²) in [5.41, 5.74) is 0. The minimum absolute atomic E-state index is 0.866. The van der Waals surface area contributed by atoms with Crippen LogP contribution in [0.2, 0.25) is 0 Å². The van der Waals surface area contributed by atoms with Crippen molar-refractivity contribution < 1.29 is 4.89 Å². The van der Waals surface area contributed by atoms with E-state index in [1.807, 2.05) is 0 Å². The van der Waals surface area contributed by atoms with Gasteiger partial charge in [0.15, 0.2) is 0 Å². The molecule has 1 aliphatic rings. The molecule has 2 heteroatoms. The lowest BCUT2D eigenvalue weighted by Gasteiger charge is -2.24. The van der Waals surface area contributed by atoms with Crippen LogP contribution in [0.3, 0.4) is 0 Å². The molecule has 9 heavy (non-hydrogen) atoms. The van der Waals surface area contributed by atoms with E-state index in [1.165, 1.54) is 12.8 Å². The molecule has 1 rings (SSSR count). The molecule has 1 N–H and O–H groups in total. The molecule has 1 aliphatic heterocycles. The monoisotopic (exact) mass is 147 g/mol. The molecule has 0 atom stereocenters. The van der Waals surface area contributed by atoms with Crippen LogP contribution in [0.5, 0.6) is 0 Å². The maximum Gasteiger partial charge on any atom is 0.139 e. The van der Waals surface area contributed by atoms with Gasteiger partial charge in [0, 0.05) is 0 Å². The average molecular weight is 147 g/mol. The Morgan fingerprint density at radius 2 is 1.78 bits per heavy atom. The van der Waals surface area contributed by atoms with Gasteiger partial charge in [-0.05, 0) is 18.8 Å². The van der Waals surface area contributed by atoms with Crippen LogP contribution in [-0.4, -0.2) is 23.9 Å². The molecule has 0 saturated carbocycles. The van der Waals surface area contributed by atoms with Gasteiger partial charge in [-0.25, -0.2) is 0 Å². The van der Waals surface area contributed by atoms with Crippen molar-refractivity contribution in [2.75, 3.05) is 19.0 Å². The summed E-state index contributed by atoms with van der Waals surface area (Å²) >= 11 is 0. The second-order valence-corrected chi connectivity index (χ2v) is 7.04. The third kappa shape index (κ3) is 2.23. The largest absolute Gasteiger partial charge is 0.252 e. The smallest absolute Gasteiger partial charge is 0.139 e. The van der Waals surface area contributed by atoms with E-state index in [-0.39, 0.29) is 0 Å². The van der Waals surface area contributed by atoms with Crippen molar-refractivity contribution in [3.8, 4) is 0 Å². The highest BCUT2D eigenvalue weighted by Crippen LogP contribution is 2.55. The summed E-state index contributed by atoms with van der Waals surface area (Å²) in [6.07, 6.45) is 4.71. The fourth-order valence-electron chi connectivity index (χ4n) is 1.25. The molecular weight excluding hydrogens is 131 g/mol. The normalized spacial score (nSPS) is 45.0. The van der Waals surface area contributed by atoms with Gasteiger partial charge in [-0.3, -0.25) is 4.89 Å². The summed E-state index contributed by atoms with van der Waals surface area (Å²) in [6.45, 7) is 4.33. The summed E-state index contributed by atoms with van der Waals surface area (Å²) in [6, 6.07) is 0. The van der Waals surface area contributed by atoms with E-state index in [0.717, 1.165) is 18.2 Å². The zero-order valence-corrected chi connectivity index (χ0v) is 7.19. The molecule has 0 aromatic carbocycles. The molecule has 1 saturated heterocycles. The van der Waals surface area contributed by atoms with Gasteiger partial charge < -0.3 is 0 Å². The van der Waals surface area contributed by atoms with Crippen LogP contribution in [0.1, 0.15) is 19.8 Å². The molecule has 1 fully saturated rings. The summed E-state index contributed by atoms with van der Waals surface area (Å²) in [5, 5.41) is 0. The standard InChI is InChI=1S/C7H16OP/c1-7-3-5-9(2,8)6-4-7/h7-8H,3-6H2,1-2H3/q+1. The van der Waals surface area contributed by atoms with Gasteiger partial charge in [-0.15, -0.1) is 0 Å². The van der Waals surface area contributed by atoms with Crippen LogP contribution in [0.4, 0.5) is 0 Å². The highest BCUT2D eigenvalue weighted by atomic mass is 31.2. The zero-order chi connectivity index (χ0) is 6.91. The van der Waals surface area contributed by atoms with Crippen molar-refractivity contribution in [1.29, 1.82) is 0 Å². The van der Waals surface area contributed by atoms with Gasteiger partial charge in [0.2, 0.25) is 0 Å². The van der Waals surface area contributed by atoms with Crippen LogP contribution in [0.15, 0.2) is 0 Å². The zero-order valence-electron chi connectivity index (χ0n) is 6.30. The Balaban J connectivity index is 2.35. The van der Waals surface area contributed by atoms with Crippen LogP contribution in [0, 0.1) is 5.92 Å². The van der Waals surface area contributed by atoms with Crippen molar-refractivity contribution in [3.63, 3.8) is 0 Å². The molecule has 0 aromatic heterocycles. The summed E-state index contributed by atoms with van der Waals surface area (Å²) in [5.74, 6) is 0.866. The number of hydrogen-bond donors (Lipinski definition) is 1. The summed E-state index contributed by atoms with van der Waals surface area (Å²) in [4.78, 5) is 9.60. The second-order valence-electron chi connectivity index (χ2n) is 3.47. The predicted molar refractivity (Wildman–Crippen MR) is 43.2 cm³/mol. The first kappa shape index (κ1) is 7.50. The Kier molecular flexibility index (Phi) is 2.13. The van der Waals surface area contributed by atoms with Crippen LogP contribution in [0.25, 0.3) is 0 Å². The van der Waals surface area contributed by atoms with E-state index in [1.54, 1.807) is 0 Å². The second kappa shape index (κ2) is 2.56. The Bertz CT molecular complexity index is 91.1. The quantitative estimate of drug-likeness (QED) is 0.519. The Morgan fingerprint density at radius 1 is 1.33 bits per heavy atom. The van der Waals surface area contributed by atoms with Crippen LogP contribution >= 0.6 is 7.49 Å². The van der Waals surface area contributed by atoms with E-state index in [4.69, 9.17) is 0 Å². The average Bonchev–Trinajstić information content (AvgIpc) is 1.78. The van der Waals surface area contributed by atoms with Crippen molar-refractivity contribution in [2.24, 2.45) is 5.92 Å². The number of hydrogen-bond acceptors (Lipinski definition) is 1. The van der Waals surface area contributed by atoms with E-state index < -0.39 is 7.49 Å². The first-order valence-corrected chi connectivity index (χ1v) is 6.23. The Hall–Kier alpha value is 0.390. The molecule has 0 aliphatic carbocycles.